The number of halogens is 3. The Bertz CT molecular complexity index is 1770. The molecule has 3 aromatic heterocycles. The van der Waals surface area contributed by atoms with E-state index in [0.717, 1.165) is 29.6 Å². The Morgan fingerprint density at radius 2 is 1.93 bits per heavy atom. The molecule has 0 radical (unpaired) electrons. The predicted octanol–water partition coefficient (Wildman–Crippen LogP) is 6.00. The standard InChI is InChI=1S/C30H30F3N5O5S/c1-3-34-29(42)37-25-12-17(27-36-24(15-44-27)30(31,32)33)19(13-35-25)16-9-10-21-18(11-16)26(40)20(28(41)43-4-2)14-38(21)22-7-5-6-8-23(22)39/h9-15,22-23,39H,3-8H2,1-2H3,(H2,34,35,37,42). The highest BCUT2D eigenvalue weighted by Crippen LogP contribution is 2.39. The van der Waals surface area contributed by atoms with E-state index in [1.165, 1.54) is 18.5 Å². The fourth-order valence-corrected chi connectivity index (χ4v) is 6.20. The number of amides is 2. The highest BCUT2D eigenvalue weighted by molar-refractivity contribution is 7.13. The molecule has 10 nitrogen and oxygen atoms in total. The molecule has 1 aromatic carbocycles. The van der Waals surface area contributed by atoms with Crippen LogP contribution in [0.3, 0.4) is 0 Å². The predicted molar refractivity (Wildman–Crippen MR) is 160 cm³/mol. The van der Waals surface area contributed by atoms with Crippen LogP contribution < -0.4 is 16.1 Å². The van der Waals surface area contributed by atoms with Gasteiger partial charge in [0.1, 0.15) is 16.4 Å². The maximum absolute atomic E-state index is 13.7. The molecule has 0 aliphatic heterocycles. The average molecular weight is 630 g/mol. The van der Waals surface area contributed by atoms with Crippen LogP contribution in [0.2, 0.25) is 0 Å². The second-order valence-corrected chi connectivity index (χ2v) is 11.1. The minimum absolute atomic E-state index is 0.0248. The number of nitrogens with zero attached hydrogens (tertiary/aromatic N) is 3. The lowest BCUT2D eigenvalue weighted by Gasteiger charge is -2.31. The van der Waals surface area contributed by atoms with Gasteiger partial charge in [0.05, 0.1) is 24.3 Å². The van der Waals surface area contributed by atoms with Crippen molar-refractivity contribution in [3.8, 4) is 21.7 Å². The van der Waals surface area contributed by atoms with Crippen LogP contribution in [0, 0.1) is 0 Å². The Balaban J connectivity index is 1.70. The number of hydrogen-bond acceptors (Lipinski definition) is 8. The minimum atomic E-state index is -4.66. The third-order valence-electron chi connectivity index (χ3n) is 7.40. The molecule has 5 rings (SSSR count). The molecular formula is C30H30F3N5O5S. The largest absolute Gasteiger partial charge is 0.462 e. The van der Waals surface area contributed by atoms with E-state index < -0.39 is 35.4 Å². The molecule has 0 bridgehead atoms. The van der Waals surface area contributed by atoms with Crippen molar-refractivity contribution in [2.75, 3.05) is 18.5 Å². The lowest BCUT2D eigenvalue weighted by atomic mass is 9.91. The Kier molecular flexibility index (Phi) is 9.02. The molecule has 2 unspecified atom stereocenters. The summed E-state index contributed by atoms with van der Waals surface area (Å²) in [6, 6.07) is 5.40. The van der Waals surface area contributed by atoms with Crippen molar-refractivity contribution in [2.24, 2.45) is 0 Å². The molecule has 44 heavy (non-hydrogen) atoms. The third kappa shape index (κ3) is 6.31. The Morgan fingerprint density at radius 1 is 1.16 bits per heavy atom. The first-order valence-corrected chi connectivity index (χ1v) is 15.0. The molecule has 2 atom stereocenters. The van der Waals surface area contributed by atoms with E-state index >= 15 is 0 Å². The maximum atomic E-state index is 13.7. The summed E-state index contributed by atoms with van der Waals surface area (Å²) >= 11 is 0.774. The van der Waals surface area contributed by atoms with E-state index in [9.17, 15) is 32.7 Å². The maximum Gasteiger partial charge on any atom is 0.434 e. The number of rotatable bonds is 7. The molecule has 0 saturated heterocycles. The highest BCUT2D eigenvalue weighted by atomic mass is 32.1. The molecule has 2 amide bonds. The van der Waals surface area contributed by atoms with Crippen LogP contribution in [0.4, 0.5) is 23.8 Å². The first-order valence-electron chi connectivity index (χ1n) is 14.1. The number of pyridine rings is 2. The summed E-state index contributed by atoms with van der Waals surface area (Å²) < 4.78 is 47.2. The summed E-state index contributed by atoms with van der Waals surface area (Å²) in [6.07, 6.45) is 0.409. The van der Waals surface area contributed by atoms with Crippen molar-refractivity contribution < 1.29 is 32.6 Å². The summed E-state index contributed by atoms with van der Waals surface area (Å²) in [5.41, 5.74) is -0.344. The van der Waals surface area contributed by atoms with Gasteiger partial charge in [-0.25, -0.2) is 19.6 Å². The van der Waals surface area contributed by atoms with Crippen molar-refractivity contribution in [3.63, 3.8) is 0 Å². The number of aliphatic hydroxyl groups excluding tert-OH is 1. The zero-order chi connectivity index (χ0) is 31.6. The molecule has 1 saturated carbocycles. The van der Waals surface area contributed by atoms with E-state index in [0.29, 0.717) is 36.0 Å². The quantitative estimate of drug-likeness (QED) is 0.214. The first-order chi connectivity index (χ1) is 21.0. The number of esters is 1. The van der Waals surface area contributed by atoms with E-state index in [1.807, 2.05) is 0 Å². The van der Waals surface area contributed by atoms with Crippen LogP contribution >= 0.6 is 11.3 Å². The van der Waals surface area contributed by atoms with E-state index in [4.69, 9.17) is 4.74 Å². The monoisotopic (exact) mass is 629 g/mol. The molecule has 3 heterocycles. The van der Waals surface area contributed by atoms with Gasteiger partial charge in [-0.15, -0.1) is 11.3 Å². The summed E-state index contributed by atoms with van der Waals surface area (Å²) in [4.78, 5) is 46.7. The number of carbonyl (C=O) groups is 2. The molecular weight excluding hydrogens is 599 g/mol. The Labute approximate surface area is 253 Å². The van der Waals surface area contributed by atoms with Gasteiger partial charge in [-0.1, -0.05) is 18.9 Å². The van der Waals surface area contributed by atoms with Gasteiger partial charge in [0.15, 0.2) is 5.69 Å². The number of ether oxygens (including phenoxy) is 1. The van der Waals surface area contributed by atoms with Crippen molar-refractivity contribution in [1.82, 2.24) is 19.9 Å². The fraction of sp³-hybridized carbons (Fsp3) is 0.367. The van der Waals surface area contributed by atoms with Crippen molar-refractivity contribution >= 4 is 40.1 Å². The van der Waals surface area contributed by atoms with Crippen LogP contribution in [0.15, 0.2) is 46.8 Å². The van der Waals surface area contributed by atoms with Crippen LogP contribution in [0.5, 0.6) is 0 Å². The molecule has 3 N–H and O–H groups in total. The van der Waals surface area contributed by atoms with Crippen molar-refractivity contribution in [3.05, 3.63) is 63.5 Å². The molecule has 4 aromatic rings. The summed E-state index contributed by atoms with van der Waals surface area (Å²) in [7, 11) is 0. The van der Waals surface area contributed by atoms with Crippen LogP contribution in [0.25, 0.3) is 32.6 Å². The molecule has 14 heteroatoms. The van der Waals surface area contributed by atoms with Gasteiger partial charge in [-0.3, -0.25) is 10.1 Å². The summed E-state index contributed by atoms with van der Waals surface area (Å²) in [5.74, 6) is -0.716. The number of hydrogen-bond donors (Lipinski definition) is 3. The fourth-order valence-electron chi connectivity index (χ4n) is 5.35. The zero-order valence-electron chi connectivity index (χ0n) is 23.9. The minimum Gasteiger partial charge on any atom is -0.462 e. The molecule has 1 aliphatic rings. The van der Waals surface area contributed by atoms with Gasteiger partial charge in [-0.2, -0.15) is 13.2 Å². The molecule has 232 valence electrons. The van der Waals surface area contributed by atoms with Crippen LogP contribution in [-0.2, 0) is 10.9 Å². The number of fused-ring (bicyclic) bond motifs is 1. The third-order valence-corrected chi connectivity index (χ3v) is 8.27. The van der Waals surface area contributed by atoms with E-state index in [2.05, 4.69) is 20.6 Å². The number of benzene rings is 1. The van der Waals surface area contributed by atoms with Gasteiger partial charge >= 0.3 is 18.2 Å². The summed E-state index contributed by atoms with van der Waals surface area (Å²) in [5, 5.41) is 17.0. The van der Waals surface area contributed by atoms with Gasteiger partial charge in [0, 0.05) is 40.8 Å². The highest BCUT2D eigenvalue weighted by Gasteiger charge is 2.34. The first kappa shape index (κ1) is 31.1. The molecule has 1 fully saturated rings. The number of anilines is 1. The van der Waals surface area contributed by atoms with Gasteiger partial charge in [-0.05, 0) is 50.5 Å². The van der Waals surface area contributed by atoms with Gasteiger partial charge in [0.2, 0.25) is 5.43 Å². The lowest BCUT2D eigenvalue weighted by molar-refractivity contribution is -0.140. The van der Waals surface area contributed by atoms with Crippen molar-refractivity contribution in [2.45, 2.75) is 57.9 Å². The zero-order valence-corrected chi connectivity index (χ0v) is 24.7. The number of nitrogens with one attached hydrogen (secondary N) is 2. The topological polar surface area (TPSA) is 135 Å². The smallest absolute Gasteiger partial charge is 0.434 e. The number of thiazole rings is 1. The number of aliphatic hydroxyl groups is 1. The number of carbonyl (C=O) groups excluding carboxylic acids is 2. The van der Waals surface area contributed by atoms with E-state index in [-0.39, 0.29) is 40.0 Å². The molecule has 0 spiro atoms. The summed E-state index contributed by atoms with van der Waals surface area (Å²) in [6.45, 7) is 3.76. The number of urea groups is 1. The van der Waals surface area contributed by atoms with E-state index in [1.54, 1.807) is 36.6 Å². The second-order valence-electron chi connectivity index (χ2n) is 10.3. The van der Waals surface area contributed by atoms with Crippen LogP contribution in [-0.4, -0.2) is 50.9 Å². The second kappa shape index (κ2) is 12.7. The lowest BCUT2D eigenvalue weighted by Crippen LogP contribution is -2.30. The normalized spacial score (nSPS) is 17.0. The Hall–Kier alpha value is -4.30. The molecule has 1 aliphatic carbocycles. The van der Waals surface area contributed by atoms with Gasteiger partial charge in [0.25, 0.3) is 0 Å². The SMILES string of the molecule is CCNC(=O)Nc1cc(-c2nc(C(F)(F)F)cs2)c(-c2ccc3c(c2)c(=O)c(C(=O)OCC)cn3C2CCCCC2O)cn1. The number of alkyl halides is 3. The van der Waals surface area contributed by atoms with Gasteiger partial charge < -0.3 is 19.7 Å². The van der Waals surface area contributed by atoms with Crippen LogP contribution in [0.1, 0.15) is 61.6 Å². The Morgan fingerprint density at radius 3 is 2.61 bits per heavy atom. The average Bonchev–Trinajstić information content (AvgIpc) is 3.49. The van der Waals surface area contributed by atoms with Crippen molar-refractivity contribution in [1.29, 1.82) is 0 Å². The number of aromatic nitrogens is 3.